The molecule has 0 aromatic carbocycles. The van der Waals surface area contributed by atoms with Crippen LogP contribution in [0.25, 0.3) is 0 Å². The van der Waals surface area contributed by atoms with Gasteiger partial charge in [0.1, 0.15) is 0 Å². The average molecular weight is 209 g/mol. The third-order valence-electron chi connectivity index (χ3n) is 2.27. The largest absolute Gasteiger partial charge is 0.367 e. The maximum atomic E-state index is 11.4. The Morgan fingerprint density at radius 1 is 1.53 bits per heavy atom. The number of hydrogen-bond acceptors (Lipinski definition) is 3. The van der Waals surface area contributed by atoms with Gasteiger partial charge in [0.25, 0.3) is 0 Å². The highest BCUT2D eigenvalue weighted by Gasteiger charge is 2.02. The molecule has 1 heterocycles. The minimum Gasteiger partial charge on any atom is -0.367 e. The molecule has 0 aliphatic rings. The molecule has 0 bridgehead atoms. The van der Waals surface area contributed by atoms with Gasteiger partial charge in [-0.25, -0.2) is 0 Å². The van der Waals surface area contributed by atoms with Crippen LogP contribution in [0.5, 0.6) is 0 Å². The summed E-state index contributed by atoms with van der Waals surface area (Å²) < 4.78 is 0. The number of aromatic nitrogens is 1. The van der Waals surface area contributed by atoms with Crippen molar-refractivity contribution >= 4 is 0 Å². The van der Waals surface area contributed by atoms with E-state index in [0.29, 0.717) is 6.54 Å². The van der Waals surface area contributed by atoms with Crippen molar-refractivity contribution in [3.05, 3.63) is 34.2 Å². The molecular formula is C11H19N3O. The second-order valence-corrected chi connectivity index (χ2v) is 3.63. The van der Waals surface area contributed by atoms with Gasteiger partial charge in [-0.05, 0) is 13.6 Å². The van der Waals surface area contributed by atoms with E-state index in [9.17, 15) is 4.79 Å². The van der Waals surface area contributed by atoms with Crippen LogP contribution in [-0.2, 0) is 6.54 Å². The summed E-state index contributed by atoms with van der Waals surface area (Å²) in [6.07, 6.45) is 3.43. The van der Waals surface area contributed by atoms with Crippen molar-refractivity contribution in [1.82, 2.24) is 15.2 Å². The molecule has 1 rings (SSSR count). The van der Waals surface area contributed by atoms with Crippen molar-refractivity contribution in [1.29, 1.82) is 0 Å². The van der Waals surface area contributed by atoms with Crippen LogP contribution >= 0.6 is 0 Å². The van der Waals surface area contributed by atoms with E-state index in [1.807, 2.05) is 7.05 Å². The van der Waals surface area contributed by atoms with Crippen LogP contribution < -0.4 is 10.7 Å². The first-order valence-electron chi connectivity index (χ1n) is 5.29. The lowest BCUT2D eigenvalue weighted by Gasteiger charge is -2.15. The third-order valence-corrected chi connectivity index (χ3v) is 2.27. The monoisotopic (exact) mass is 209 g/mol. The maximum Gasteiger partial charge on any atom is 0.186 e. The fraction of sp³-hybridized carbons (Fsp3) is 0.545. The normalized spacial score (nSPS) is 10.9. The maximum absolute atomic E-state index is 11.4. The van der Waals surface area contributed by atoms with Gasteiger partial charge in [-0.2, -0.15) is 0 Å². The van der Waals surface area contributed by atoms with Crippen molar-refractivity contribution in [2.24, 2.45) is 0 Å². The average Bonchev–Trinajstić information content (AvgIpc) is 2.22. The van der Waals surface area contributed by atoms with E-state index >= 15 is 0 Å². The first kappa shape index (κ1) is 11.9. The number of nitrogens with one attached hydrogen (secondary N) is 2. The van der Waals surface area contributed by atoms with E-state index in [1.165, 1.54) is 0 Å². The van der Waals surface area contributed by atoms with Gasteiger partial charge in [-0.3, -0.25) is 4.79 Å². The number of nitrogens with zero attached hydrogens (tertiary/aromatic N) is 1. The molecule has 2 N–H and O–H groups in total. The summed E-state index contributed by atoms with van der Waals surface area (Å²) in [6, 6.07) is 1.56. The molecule has 0 saturated carbocycles. The van der Waals surface area contributed by atoms with E-state index in [0.717, 1.165) is 25.2 Å². The quantitative estimate of drug-likeness (QED) is 0.667. The molecule has 1 aromatic heterocycles. The van der Waals surface area contributed by atoms with Gasteiger partial charge in [-0.15, -0.1) is 0 Å². The topological polar surface area (TPSA) is 48.1 Å². The molecule has 1 aromatic rings. The molecule has 0 unspecified atom stereocenters. The van der Waals surface area contributed by atoms with Crippen LogP contribution in [0.2, 0.25) is 0 Å². The second-order valence-electron chi connectivity index (χ2n) is 3.63. The summed E-state index contributed by atoms with van der Waals surface area (Å²) in [4.78, 5) is 16.5. The number of aromatic amines is 1. The van der Waals surface area contributed by atoms with Crippen molar-refractivity contribution in [2.45, 2.75) is 13.5 Å². The van der Waals surface area contributed by atoms with E-state index in [1.54, 1.807) is 18.5 Å². The predicted molar refractivity (Wildman–Crippen MR) is 61.9 cm³/mol. The summed E-state index contributed by atoms with van der Waals surface area (Å²) in [5.74, 6) is 0. The highest BCUT2D eigenvalue weighted by molar-refractivity contribution is 5.08. The molecule has 4 heteroatoms. The molecule has 84 valence electrons. The third kappa shape index (κ3) is 4.27. The number of rotatable bonds is 6. The number of pyridine rings is 1. The SMILES string of the molecule is CCNCCN(C)Cc1c[nH]ccc1=O. The summed E-state index contributed by atoms with van der Waals surface area (Å²) in [5, 5.41) is 3.25. The fourth-order valence-corrected chi connectivity index (χ4v) is 1.39. The lowest BCUT2D eigenvalue weighted by molar-refractivity contribution is 0.324. The molecule has 15 heavy (non-hydrogen) atoms. The predicted octanol–water partition coefficient (Wildman–Crippen LogP) is 0.416. The van der Waals surface area contributed by atoms with Gasteiger partial charge < -0.3 is 15.2 Å². The minimum atomic E-state index is 0.101. The van der Waals surface area contributed by atoms with Crippen molar-refractivity contribution in [3.63, 3.8) is 0 Å². The van der Waals surface area contributed by atoms with Crippen LogP contribution in [-0.4, -0.2) is 36.6 Å². The second kappa shape index (κ2) is 6.37. The van der Waals surface area contributed by atoms with Crippen LogP contribution in [0.1, 0.15) is 12.5 Å². The van der Waals surface area contributed by atoms with Crippen molar-refractivity contribution in [3.8, 4) is 0 Å². The lowest BCUT2D eigenvalue weighted by Crippen LogP contribution is -2.30. The number of hydrogen-bond donors (Lipinski definition) is 2. The van der Waals surface area contributed by atoms with Gasteiger partial charge >= 0.3 is 0 Å². The zero-order valence-electron chi connectivity index (χ0n) is 9.42. The smallest absolute Gasteiger partial charge is 0.186 e. The van der Waals surface area contributed by atoms with Gasteiger partial charge in [0.15, 0.2) is 5.43 Å². The van der Waals surface area contributed by atoms with Crippen LogP contribution in [0, 0.1) is 0 Å². The van der Waals surface area contributed by atoms with Gasteiger partial charge in [0.2, 0.25) is 0 Å². The molecular weight excluding hydrogens is 190 g/mol. The van der Waals surface area contributed by atoms with Gasteiger partial charge in [0, 0.05) is 43.7 Å². The first-order valence-corrected chi connectivity index (χ1v) is 5.29. The summed E-state index contributed by atoms with van der Waals surface area (Å²) in [5.41, 5.74) is 0.917. The number of H-pyrrole nitrogens is 1. The molecule has 0 radical (unpaired) electrons. The Morgan fingerprint density at radius 3 is 3.00 bits per heavy atom. The van der Waals surface area contributed by atoms with E-state index in [4.69, 9.17) is 0 Å². The van der Waals surface area contributed by atoms with E-state index < -0.39 is 0 Å². The minimum absolute atomic E-state index is 0.101. The number of likely N-dealkylation sites (N-methyl/N-ethyl adjacent to an activating group) is 2. The zero-order chi connectivity index (χ0) is 11.1. The molecule has 0 amide bonds. The molecule has 0 saturated heterocycles. The van der Waals surface area contributed by atoms with Gasteiger partial charge in [-0.1, -0.05) is 6.92 Å². The molecule has 4 nitrogen and oxygen atoms in total. The van der Waals surface area contributed by atoms with Crippen LogP contribution in [0.3, 0.4) is 0 Å². The first-order chi connectivity index (χ1) is 7.24. The Labute approximate surface area is 90.3 Å². The Kier molecular flexibility index (Phi) is 5.07. The summed E-state index contributed by atoms with van der Waals surface area (Å²) >= 11 is 0. The standard InChI is InChI=1S/C11H19N3O/c1-3-12-6-7-14(2)9-10-8-13-5-4-11(10)15/h4-5,8,12H,3,6-7,9H2,1-2H3,(H,13,15). The van der Waals surface area contributed by atoms with Crippen molar-refractivity contribution < 1.29 is 0 Å². The Bertz CT molecular complexity index is 335. The molecule has 0 spiro atoms. The van der Waals surface area contributed by atoms with Crippen molar-refractivity contribution in [2.75, 3.05) is 26.7 Å². The van der Waals surface area contributed by atoms with Crippen LogP contribution in [0.4, 0.5) is 0 Å². The Morgan fingerprint density at radius 2 is 2.33 bits per heavy atom. The van der Waals surface area contributed by atoms with Crippen LogP contribution in [0.15, 0.2) is 23.3 Å². The highest BCUT2D eigenvalue weighted by Crippen LogP contribution is 1.94. The summed E-state index contributed by atoms with van der Waals surface area (Å²) in [7, 11) is 2.02. The van der Waals surface area contributed by atoms with E-state index in [-0.39, 0.29) is 5.43 Å². The molecule has 0 aliphatic heterocycles. The summed E-state index contributed by atoms with van der Waals surface area (Å²) in [6.45, 7) is 5.67. The Hall–Kier alpha value is -1.13. The molecule has 0 atom stereocenters. The lowest BCUT2D eigenvalue weighted by atomic mass is 10.2. The zero-order valence-corrected chi connectivity index (χ0v) is 9.42. The Balaban J connectivity index is 2.41. The fourth-order valence-electron chi connectivity index (χ4n) is 1.39. The van der Waals surface area contributed by atoms with Gasteiger partial charge in [0.05, 0.1) is 0 Å². The molecule has 0 fully saturated rings. The molecule has 0 aliphatic carbocycles. The highest BCUT2D eigenvalue weighted by atomic mass is 16.1. The van der Waals surface area contributed by atoms with E-state index in [2.05, 4.69) is 22.1 Å².